The number of carbonyl (C=O) groups is 1. The minimum Gasteiger partial charge on any atom is -0.273 e. The highest BCUT2D eigenvalue weighted by Gasteiger charge is 2.53. The SMILES string of the molecule is O=C(NS(=O)(=O)c1ccc(Cl)nc1)C1(c2ccc(Cl)cc2Cl)CC1. The zero-order chi connectivity index (χ0) is 17.5. The number of carbonyl (C=O) groups excluding carboxylic acids is 1. The fourth-order valence-electron chi connectivity index (χ4n) is 2.42. The standard InChI is InChI=1S/C15H11Cl3N2O3S/c16-9-1-3-11(12(17)7-9)15(5-6-15)14(21)20-24(22,23)10-2-4-13(18)19-8-10/h1-4,7-8H,5-6H2,(H,20,21). The zero-order valence-electron chi connectivity index (χ0n) is 12.1. The molecule has 1 saturated carbocycles. The summed E-state index contributed by atoms with van der Waals surface area (Å²) < 4.78 is 26.8. The smallest absolute Gasteiger partial charge is 0.265 e. The number of aromatic nitrogens is 1. The van der Waals surface area contributed by atoms with Crippen LogP contribution in [0.4, 0.5) is 0 Å². The van der Waals surface area contributed by atoms with Gasteiger partial charge in [0.05, 0.1) is 5.41 Å². The van der Waals surface area contributed by atoms with Crippen LogP contribution in [0, 0.1) is 0 Å². The van der Waals surface area contributed by atoms with E-state index in [0.29, 0.717) is 28.5 Å². The fraction of sp³-hybridized carbons (Fsp3) is 0.200. The number of halogens is 3. The molecule has 5 nitrogen and oxygen atoms in total. The van der Waals surface area contributed by atoms with Crippen LogP contribution in [0.5, 0.6) is 0 Å². The van der Waals surface area contributed by atoms with Crippen LogP contribution in [-0.2, 0) is 20.2 Å². The number of hydrogen-bond donors (Lipinski definition) is 1. The molecule has 126 valence electrons. The molecular formula is C15H11Cl3N2O3S. The number of benzene rings is 1. The van der Waals surface area contributed by atoms with Crippen molar-refractivity contribution in [2.45, 2.75) is 23.2 Å². The molecule has 0 saturated heterocycles. The molecule has 9 heteroatoms. The van der Waals surface area contributed by atoms with Crippen LogP contribution in [0.25, 0.3) is 0 Å². The van der Waals surface area contributed by atoms with E-state index in [-0.39, 0.29) is 10.0 Å². The number of pyridine rings is 1. The summed E-state index contributed by atoms with van der Waals surface area (Å²) in [6.07, 6.45) is 2.11. The van der Waals surface area contributed by atoms with Crippen LogP contribution >= 0.6 is 34.8 Å². The van der Waals surface area contributed by atoms with Crippen molar-refractivity contribution in [3.05, 3.63) is 57.3 Å². The lowest BCUT2D eigenvalue weighted by Crippen LogP contribution is -2.39. The van der Waals surface area contributed by atoms with Crippen molar-refractivity contribution in [3.63, 3.8) is 0 Å². The number of sulfonamides is 1. The average molecular weight is 406 g/mol. The summed E-state index contributed by atoms with van der Waals surface area (Å²) in [6, 6.07) is 7.41. The maximum Gasteiger partial charge on any atom is 0.265 e. The van der Waals surface area contributed by atoms with Crippen LogP contribution in [0.2, 0.25) is 15.2 Å². The van der Waals surface area contributed by atoms with Gasteiger partial charge in [-0.2, -0.15) is 0 Å². The van der Waals surface area contributed by atoms with Crippen LogP contribution in [0.1, 0.15) is 18.4 Å². The fourth-order valence-corrected chi connectivity index (χ4v) is 4.12. The Hall–Kier alpha value is -1.34. The number of rotatable bonds is 4. The van der Waals surface area contributed by atoms with Gasteiger partial charge in [-0.3, -0.25) is 4.79 Å². The molecule has 2 aromatic rings. The van der Waals surface area contributed by atoms with E-state index in [1.54, 1.807) is 12.1 Å². The summed E-state index contributed by atoms with van der Waals surface area (Å²) in [7, 11) is -4.04. The lowest BCUT2D eigenvalue weighted by Gasteiger charge is -2.17. The van der Waals surface area contributed by atoms with Gasteiger partial charge in [0.2, 0.25) is 5.91 Å². The Morgan fingerprint density at radius 2 is 1.83 bits per heavy atom. The van der Waals surface area contributed by atoms with Crippen LogP contribution < -0.4 is 4.72 Å². The van der Waals surface area contributed by atoms with Crippen molar-refractivity contribution in [1.29, 1.82) is 0 Å². The van der Waals surface area contributed by atoms with Crippen molar-refractivity contribution in [1.82, 2.24) is 9.71 Å². The van der Waals surface area contributed by atoms with Crippen molar-refractivity contribution in [2.75, 3.05) is 0 Å². The number of amides is 1. The largest absolute Gasteiger partial charge is 0.273 e. The monoisotopic (exact) mass is 404 g/mol. The van der Waals surface area contributed by atoms with Gasteiger partial charge in [0.15, 0.2) is 0 Å². The maximum absolute atomic E-state index is 12.6. The van der Waals surface area contributed by atoms with E-state index in [9.17, 15) is 13.2 Å². The Labute approximate surface area is 154 Å². The Balaban J connectivity index is 1.88. The van der Waals surface area contributed by atoms with E-state index in [1.165, 1.54) is 18.2 Å². The Morgan fingerprint density at radius 1 is 1.12 bits per heavy atom. The molecule has 1 N–H and O–H groups in total. The van der Waals surface area contributed by atoms with Gasteiger partial charge in [-0.1, -0.05) is 40.9 Å². The lowest BCUT2D eigenvalue weighted by molar-refractivity contribution is -0.121. The first-order chi connectivity index (χ1) is 11.2. The van der Waals surface area contributed by atoms with E-state index in [0.717, 1.165) is 6.20 Å². The van der Waals surface area contributed by atoms with Gasteiger partial charge in [0.25, 0.3) is 10.0 Å². The second-order valence-electron chi connectivity index (χ2n) is 5.46. The average Bonchev–Trinajstić information content (AvgIpc) is 3.29. The minimum absolute atomic E-state index is 0.141. The quantitative estimate of drug-likeness (QED) is 0.789. The summed E-state index contributed by atoms with van der Waals surface area (Å²) >= 11 is 17.7. The lowest BCUT2D eigenvalue weighted by atomic mass is 9.95. The van der Waals surface area contributed by atoms with Crippen molar-refractivity contribution >= 4 is 50.7 Å². The predicted octanol–water partition coefficient (Wildman–Crippen LogP) is 3.58. The second kappa shape index (κ2) is 6.19. The zero-order valence-corrected chi connectivity index (χ0v) is 15.2. The Kier molecular flexibility index (Phi) is 4.51. The normalized spacial score (nSPS) is 15.8. The molecule has 1 heterocycles. The Morgan fingerprint density at radius 3 is 2.38 bits per heavy atom. The molecule has 24 heavy (non-hydrogen) atoms. The summed E-state index contributed by atoms with van der Waals surface area (Å²) in [5.74, 6) is -0.623. The van der Waals surface area contributed by atoms with Gasteiger partial charge in [0.1, 0.15) is 10.0 Å². The molecule has 0 unspecified atom stereocenters. The predicted molar refractivity (Wildman–Crippen MR) is 91.9 cm³/mol. The van der Waals surface area contributed by atoms with E-state index in [4.69, 9.17) is 34.8 Å². The van der Waals surface area contributed by atoms with Gasteiger partial charge in [-0.25, -0.2) is 18.1 Å². The minimum atomic E-state index is -4.04. The van der Waals surface area contributed by atoms with Gasteiger partial charge in [-0.15, -0.1) is 0 Å². The molecule has 1 aromatic carbocycles. The van der Waals surface area contributed by atoms with E-state index in [1.807, 2.05) is 0 Å². The second-order valence-corrected chi connectivity index (χ2v) is 8.37. The van der Waals surface area contributed by atoms with Gasteiger partial charge in [-0.05, 0) is 42.7 Å². The van der Waals surface area contributed by atoms with E-state index >= 15 is 0 Å². The molecule has 0 atom stereocenters. The molecule has 0 aliphatic heterocycles. The van der Waals surface area contributed by atoms with Crippen molar-refractivity contribution in [2.24, 2.45) is 0 Å². The molecule has 0 radical (unpaired) electrons. The first kappa shape index (κ1) is 17.5. The summed E-state index contributed by atoms with van der Waals surface area (Å²) in [4.78, 5) is 16.2. The van der Waals surface area contributed by atoms with Crippen LogP contribution in [0.3, 0.4) is 0 Å². The first-order valence-corrected chi connectivity index (χ1v) is 9.51. The van der Waals surface area contributed by atoms with Gasteiger partial charge < -0.3 is 0 Å². The summed E-state index contributed by atoms with van der Waals surface area (Å²) in [5, 5.41) is 0.937. The van der Waals surface area contributed by atoms with Crippen LogP contribution in [0.15, 0.2) is 41.4 Å². The number of nitrogens with zero attached hydrogens (tertiary/aromatic N) is 1. The first-order valence-electron chi connectivity index (χ1n) is 6.89. The highest BCUT2D eigenvalue weighted by atomic mass is 35.5. The molecule has 1 aromatic heterocycles. The molecule has 0 bridgehead atoms. The van der Waals surface area contributed by atoms with E-state index in [2.05, 4.69) is 9.71 Å². The van der Waals surface area contributed by atoms with Gasteiger partial charge >= 0.3 is 0 Å². The van der Waals surface area contributed by atoms with Crippen molar-refractivity contribution < 1.29 is 13.2 Å². The molecule has 1 aliphatic rings. The molecule has 1 fully saturated rings. The summed E-state index contributed by atoms with van der Waals surface area (Å²) in [6.45, 7) is 0. The molecule has 0 spiro atoms. The molecule has 3 rings (SSSR count). The molecule has 1 amide bonds. The maximum atomic E-state index is 12.6. The van der Waals surface area contributed by atoms with E-state index < -0.39 is 21.3 Å². The van der Waals surface area contributed by atoms with Crippen molar-refractivity contribution in [3.8, 4) is 0 Å². The topological polar surface area (TPSA) is 76.1 Å². The number of hydrogen-bond acceptors (Lipinski definition) is 4. The Bertz CT molecular complexity index is 910. The highest BCUT2D eigenvalue weighted by Crippen LogP contribution is 2.51. The third kappa shape index (κ3) is 3.24. The summed E-state index contributed by atoms with van der Waals surface area (Å²) in [5.41, 5.74) is -0.385. The third-order valence-corrected chi connectivity index (χ3v) is 5.96. The third-order valence-electron chi connectivity index (χ3n) is 3.87. The highest BCUT2D eigenvalue weighted by molar-refractivity contribution is 7.90. The van der Waals surface area contributed by atoms with Crippen LogP contribution in [-0.4, -0.2) is 19.3 Å². The molecular weight excluding hydrogens is 395 g/mol. The molecule has 1 aliphatic carbocycles. The van der Waals surface area contributed by atoms with Gasteiger partial charge in [0, 0.05) is 16.2 Å². The number of nitrogens with one attached hydrogen (secondary N) is 1.